The van der Waals surface area contributed by atoms with Crippen molar-refractivity contribution in [2.24, 2.45) is 0 Å². The van der Waals surface area contributed by atoms with E-state index in [1.54, 1.807) is 18.5 Å². The van der Waals surface area contributed by atoms with Gasteiger partial charge >= 0.3 is 0 Å². The van der Waals surface area contributed by atoms with Crippen LogP contribution in [0.1, 0.15) is 16.1 Å². The molecule has 84 valence electrons. The molecule has 0 bridgehead atoms. The van der Waals surface area contributed by atoms with Crippen molar-refractivity contribution in [2.45, 2.75) is 6.54 Å². The molecule has 7 heteroatoms. The van der Waals surface area contributed by atoms with E-state index in [1.165, 1.54) is 0 Å². The summed E-state index contributed by atoms with van der Waals surface area (Å²) in [5.74, 6) is 0.206. The fourth-order valence-corrected chi connectivity index (χ4v) is 1.40. The molecule has 2 rings (SSSR count). The van der Waals surface area contributed by atoms with Gasteiger partial charge in [-0.25, -0.2) is 0 Å². The number of aromatic amines is 2. The Morgan fingerprint density at radius 1 is 1.62 bits per heavy atom. The molecule has 0 saturated carbocycles. The summed E-state index contributed by atoms with van der Waals surface area (Å²) in [6, 6.07) is 1.55. The maximum Gasteiger partial charge on any atom is 0.268 e. The SMILES string of the molecule is Nc1[nH]ncc1CNC(=O)c1cc(Cl)c[nH]1. The second-order valence-corrected chi connectivity index (χ2v) is 3.66. The van der Waals surface area contributed by atoms with E-state index in [0.717, 1.165) is 5.56 Å². The van der Waals surface area contributed by atoms with E-state index in [-0.39, 0.29) is 5.91 Å². The van der Waals surface area contributed by atoms with Gasteiger partial charge in [0.25, 0.3) is 5.91 Å². The second-order valence-electron chi connectivity index (χ2n) is 3.22. The second kappa shape index (κ2) is 4.28. The van der Waals surface area contributed by atoms with Gasteiger partial charge in [0.15, 0.2) is 0 Å². The lowest BCUT2D eigenvalue weighted by atomic mass is 10.3. The maximum absolute atomic E-state index is 11.6. The molecule has 0 aliphatic heterocycles. The van der Waals surface area contributed by atoms with Crippen LogP contribution in [0.4, 0.5) is 5.82 Å². The number of hydrogen-bond acceptors (Lipinski definition) is 3. The number of nitrogens with two attached hydrogens (primary N) is 1. The fourth-order valence-electron chi connectivity index (χ4n) is 1.23. The van der Waals surface area contributed by atoms with Crippen LogP contribution in [0.3, 0.4) is 0 Å². The van der Waals surface area contributed by atoms with Crippen molar-refractivity contribution >= 4 is 23.3 Å². The molecule has 0 saturated heterocycles. The number of H-pyrrole nitrogens is 2. The van der Waals surface area contributed by atoms with Crippen LogP contribution in [-0.2, 0) is 6.54 Å². The quantitative estimate of drug-likeness (QED) is 0.640. The van der Waals surface area contributed by atoms with Crippen molar-refractivity contribution in [3.63, 3.8) is 0 Å². The van der Waals surface area contributed by atoms with Crippen molar-refractivity contribution in [3.8, 4) is 0 Å². The zero-order valence-electron chi connectivity index (χ0n) is 8.25. The molecule has 0 fully saturated rings. The number of carbonyl (C=O) groups is 1. The van der Waals surface area contributed by atoms with Gasteiger partial charge in [-0.15, -0.1) is 0 Å². The maximum atomic E-state index is 11.6. The smallest absolute Gasteiger partial charge is 0.268 e. The third kappa shape index (κ3) is 2.17. The Labute approximate surface area is 96.2 Å². The first kappa shape index (κ1) is 10.6. The zero-order chi connectivity index (χ0) is 11.5. The van der Waals surface area contributed by atoms with E-state index in [4.69, 9.17) is 17.3 Å². The monoisotopic (exact) mass is 239 g/mol. The minimum absolute atomic E-state index is 0.243. The molecule has 0 unspecified atom stereocenters. The molecule has 16 heavy (non-hydrogen) atoms. The van der Waals surface area contributed by atoms with Crippen LogP contribution < -0.4 is 11.1 Å². The summed E-state index contributed by atoms with van der Waals surface area (Å²) in [5.41, 5.74) is 6.72. The number of aromatic nitrogens is 3. The number of halogens is 1. The van der Waals surface area contributed by atoms with Crippen LogP contribution in [0.25, 0.3) is 0 Å². The van der Waals surface area contributed by atoms with E-state index in [1.807, 2.05) is 0 Å². The topological polar surface area (TPSA) is 99.6 Å². The largest absolute Gasteiger partial charge is 0.384 e. The summed E-state index contributed by atoms with van der Waals surface area (Å²) in [6.45, 7) is 0.317. The molecule has 2 aromatic rings. The minimum atomic E-state index is -0.243. The number of rotatable bonds is 3. The highest BCUT2D eigenvalue weighted by Crippen LogP contribution is 2.10. The van der Waals surface area contributed by atoms with Gasteiger partial charge in [0, 0.05) is 18.3 Å². The van der Waals surface area contributed by atoms with E-state index >= 15 is 0 Å². The third-order valence-electron chi connectivity index (χ3n) is 2.08. The Bertz CT molecular complexity index is 503. The average molecular weight is 240 g/mol. The number of nitrogens with one attached hydrogen (secondary N) is 3. The number of nitrogens with zero attached hydrogens (tertiary/aromatic N) is 1. The first-order valence-electron chi connectivity index (χ1n) is 4.56. The number of amides is 1. The predicted molar refractivity (Wildman–Crippen MR) is 60.0 cm³/mol. The molecule has 0 aliphatic rings. The summed E-state index contributed by atoms with van der Waals surface area (Å²) in [4.78, 5) is 14.3. The van der Waals surface area contributed by atoms with Gasteiger partial charge in [-0.3, -0.25) is 9.89 Å². The molecule has 6 nitrogen and oxygen atoms in total. The molecule has 0 atom stereocenters. The van der Waals surface area contributed by atoms with Crippen molar-refractivity contribution < 1.29 is 4.79 Å². The van der Waals surface area contributed by atoms with Crippen LogP contribution >= 0.6 is 11.6 Å². The highest BCUT2D eigenvalue weighted by atomic mass is 35.5. The number of carbonyl (C=O) groups excluding carboxylic acids is 1. The van der Waals surface area contributed by atoms with Gasteiger partial charge in [0.2, 0.25) is 0 Å². The first-order valence-corrected chi connectivity index (χ1v) is 4.94. The number of anilines is 1. The van der Waals surface area contributed by atoms with E-state index in [9.17, 15) is 4.79 Å². The zero-order valence-corrected chi connectivity index (χ0v) is 9.01. The van der Waals surface area contributed by atoms with E-state index in [2.05, 4.69) is 20.5 Å². The summed E-state index contributed by atoms with van der Waals surface area (Å²) >= 11 is 5.68. The minimum Gasteiger partial charge on any atom is -0.384 e. The fraction of sp³-hybridized carbons (Fsp3) is 0.111. The van der Waals surface area contributed by atoms with E-state index in [0.29, 0.717) is 23.1 Å². The lowest BCUT2D eigenvalue weighted by Gasteiger charge is -2.01. The molecular formula is C9H10ClN5O. The molecule has 0 aliphatic carbocycles. The van der Waals surface area contributed by atoms with Gasteiger partial charge < -0.3 is 16.0 Å². The summed E-state index contributed by atoms with van der Waals surface area (Å²) in [5, 5.41) is 9.51. The Kier molecular flexibility index (Phi) is 2.82. The summed E-state index contributed by atoms with van der Waals surface area (Å²) in [7, 11) is 0. The molecule has 0 aromatic carbocycles. The molecule has 0 radical (unpaired) electrons. The van der Waals surface area contributed by atoms with Crippen molar-refractivity contribution in [3.05, 3.63) is 34.7 Å². The lowest BCUT2D eigenvalue weighted by molar-refractivity contribution is 0.0946. The van der Waals surface area contributed by atoms with Crippen molar-refractivity contribution in [2.75, 3.05) is 5.73 Å². The van der Waals surface area contributed by atoms with Gasteiger partial charge in [-0.2, -0.15) is 5.10 Å². The highest BCUT2D eigenvalue weighted by Gasteiger charge is 2.08. The Balaban J connectivity index is 1.96. The van der Waals surface area contributed by atoms with Gasteiger partial charge in [0.1, 0.15) is 11.5 Å². The summed E-state index contributed by atoms with van der Waals surface area (Å²) in [6.07, 6.45) is 3.11. The first-order chi connectivity index (χ1) is 7.66. The van der Waals surface area contributed by atoms with Crippen LogP contribution in [0.2, 0.25) is 5.02 Å². The normalized spacial score (nSPS) is 10.3. The number of hydrogen-bond donors (Lipinski definition) is 4. The molecule has 1 amide bonds. The predicted octanol–water partition coefficient (Wildman–Crippen LogP) is 0.903. The van der Waals surface area contributed by atoms with Gasteiger partial charge in [0.05, 0.1) is 11.2 Å². The molecule has 2 aromatic heterocycles. The Morgan fingerprint density at radius 2 is 2.44 bits per heavy atom. The molecule has 2 heterocycles. The Morgan fingerprint density at radius 3 is 3.00 bits per heavy atom. The van der Waals surface area contributed by atoms with Gasteiger partial charge in [-0.05, 0) is 6.07 Å². The Hall–Kier alpha value is -1.95. The lowest BCUT2D eigenvalue weighted by Crippen LogP contribution is -2.23. The third-order valence-corrected chi connectivity index (χ3v) is 2.30. The summed E-state index contributed by atoms with van der Waals surface area (Å²) < 4.78 is 0. The van der Waals surface area contributed by atoms with Crippen LogP contribution in [0.15, 0.2) is 18.5 Å². The van der Waals surface area contributed by atoms with Crippen molar-refractivity contribution in [1.29, 1.82) is 0 Å². The standard InChI is InChI=1S/C9H10ClN5O/c10-6-1-7(12-4-6)9(16)13-2-5-3-14-15-8(5)11/h1,3-4,12H,2H2,(H,13,16)(H3,11,14,15). The van der Waals surface area contributed by atoms with Crippen LogP contribution in [0.5, 0.6) is 0 Å². The van der Waals surface area contributed by atoms with Crippen LogP contribution in [-0.4, -0.2) is 21.1 Å². The van der Waals surface area contributed by atoms with E-state index < -0.39 is 0 Å². The molecular weight excluding hydrogens is 230 g/mol. The average Bonchev–Trinajstić information content (AvgIpc) is 2.84. The van der Waals surface area contributed by atoms with Crippen LogP contribution in [0, 0.1) is 0 Å². The van der Waals surface area contributed by atoms with Gasteiger partial charge in [-0.1, -0.05) is 11.6 Å². The molecule has 5 N–H and O–H groups in total. The number of nitrogen functional groups attached to an aromatic ring is 1. The highest BCUT2D eigenvalue weighted by molar-refractivity contribution is 6.30. The van der Waals surface area contributed by atoms with Crippen molar-refractivity contribution in [1.82, 2.24) is 20.5 Å². The molecule has 0 spiro atoms.